The molecule has 1 amide bonds. The summed E-state index contributed by atoms with van der Waals surface area (Å²) in [6, 6.07) is 9.90. The van der Waals surface area contributed by atoms with Crippen LogP contribution in [0.1, 0.15) is 38.1 Å². The van der Waals surface area contributed by atoms with Gasteiger partial charge in [0.25, 0.3) is 0 Å². The molecule has 1 aliphatic rings. The zero-order valence-electron chi connectivity index (χ0n) is 21.5. The highest BCUT2D eigenvalue weighted by Crippen LogP contribution is 2.35. The Hall–Kier alpha value is -2.58. The van der Waals surface area contributed by atoms with Gasteiger partial charge in [0.2, 0.25) is 5.91 Å². The summed E-state index contributed by atoms with van der Waals surface area (Å²) in [4.78, 5) is 19.9. The van der Waals surface area contributed by atoms with E-state index in [1.165, 1.54) is 31.3 Å². The third-order valence-electron chi connectivity index (χ3n) is 6.50. The van der Waals surface area contributed by atoms with E-state index in [-0.39, 0.29) is 5.91 Å². The van der Waals surface area contributed by atoms with Crippen molar-refractivity contribution in [2.24, 2.45) is 11.8 Å². The molecule has 4 rings (SSSR count). The summed E-state index contributed by atoms with van der Waals surface area (Å²) in [5, 5.41) is 8.76. The number of aryl methyl sites for hydroxylation is 2. The summed E-state index contributed by atoms with van der Waals surface area (Å²) >= 11 is 1.49. The Morgan fingerprint density at radius 1 is 1.20 bits per heavy atom. The van der Waals surface area contributed by atoms with Gasteiger partial charge in [-0.1, -0.05) is 43.8 Å². The Morgan fingerprint density at radius 2 is 1.94 bits per heavy atom. The molecule has 1 aliphatic heterocycles. The van der Waals surface area contributed by atoms with Crippen molar-refractivity contribution in [1.82, 2.24) is 24.8 Å². The van der Waals surface area contributed by atoms with Gasteiger partial charge >= 0.3 is 0 Å². The number of methoxy groups -OCH3 is 1. The van der Waals surface area contributed by atoms with Crippen LogP contribution in [0.2, 0.25) is 0 Å². The number of carbonyl (C=O) groups is 1. The van der Waals surface area contributed by atoms with Crippen LogP contribution in [0.15, 0.2) is 35.4 Å². The van der Waals surface area contributed by atoms with Gasteiger partial charge in [-0.2, -0.15) is 5.10 Å². The summed E-state index contributed by atoms with van der Waals surface area (Å²) in [6.07, 6.45) is 2.30. The molecule has 8 heteroatoms. The highest BCUT2D eigenvalue weighted by Gasteiger charge is 2.21. The van der Waals surface area contributed by atoms with Crippen LogP contribution >= 0.6 is 11.8 Å². The van der Waals surface area contributed by atoms with Crippen molar-refractivity contribution in [2.75, 3.05) is 39.0 Å². The lowest BCUT2D eigenvalue weighted by atomic mass is 9.92. The van der Waals surface area contributed by atoms with Gasteiger partial charge in [0, 0.05) is 30.9 Å². The Kier molecular flexibility index (Phi) is 8.34. The molecule has 1 aromatic carbocycles. The number of hydrogen-bond acceptors (Lipinski definition) is 6. The molecular formula is C27H37N5O2S. The smallest absolute Gasteiger partial charge is 0.230 e. The number of aromatic nitrogens is 3. The average Bonchev–Trinajstić information content (AvgIpc) is 3.15. The zero-order valence-corrected chi connectivity index (χ0v) is 22.3. The fourth-order valence-corrected chi connectivity index (χ4v) is 6.06. The average molecular weight is 496 g/mol. The van der Waals surface area contributed by atoms with Crippen LogP contribution in [0.5, 0.6) is 5.75 Å². The third kappa shape index (κ3) is 6.16. The number of thioether (sulfide) groups is 1. The molecule has 0 saturated carbocycles. The standard InChI is InChI=1S/C27H37N5O2S/c1-18-13-19(2)16-31(15-18)12-8-11-28-24(33)17-35-25-14-20(3)29-27-26(21(4)30-32(25)27)22-9-6-7-10-23(22)34-5/h6-7,9-10,14,18-19H,8,11-13,15-17H2,1-5H3,(H,28,33). The van der Waals surface area contributed by atoms with E-state index < -0.39 is 0 Å². The first-order chi connectivity index (χ1) is 16.9. The second-order valence-electron chi connectivity index (χ2n) is 9.83. The van der Waals surface area contributed by atoms with Crippen LogP contribution in [0, 0.1) is 25.7 Å². The van der Waals surface area contributed by atoms with Crippen LogP contribution in [0.3, 0.4) is 0 Å². The number of benzene rings is 1. The summed E-state index contributed by atoms with van der Waals surface area (Å²) in [6.45, 7) is 12.7. The van der Waals surface area contributed by atoms with Gasteiger partial charge in [0.05, 0.1) is 24.1 Å². The SMILES string of the molecule is COc1ccccc1-c1c(C)nn2c(SCC(=O)NCCCN3CC(C)CC(C)C3)cc(C)nc12. The second kappa shape index (κ2) is 11.4. The number of amides is 1. The van der Waals surface area contributed by atoms with Gasteiger partial charge in [0.1, 0.15) is 10.8 Å². The first-order valence-electron chi connectivity index (χ1n) is 12.5. The van der Waals surface area contributed by atoms with Crippen molar-refractivity contribution in [3.63, 3.8) is 0 Å². The number of piperidine rings is 1. The number of fused-ring (bicyclic) bond motifs is 1. The van der Waals surface area contributed by atoms with E-state index in [0.29, 0.717) is 12.3 Å². The Bertz CT molecular complexity index is 1170. The minimum absolute atomic E-state index is 0.0480. The van der Waals surface area contributed by atoms with Gasteiger partial charge in [-0.15, -0.1) is 0 Å². The van der Waals surface area contributed by atoms with Crippen molar-refractivity contribution in [1.29, 1.82) is 0 Å². The lowest BCUT2D eigenvalue weighted by Gasteiger charge is -2.34. The summed E-state index contributed by atoms with van der Waals surface area (Å²) in [5.41, 5.74) is 4.46. The molecule has 0 radical (unpaired) electrons. The maximum atomic E-state index is 12.6. The quantitative estimate of drug-likeness (QED) is 0.266. The summed E-state index contributed by atoms with van der Waals surface area (Å²) < 4.78 is 7.43. The Labute approximate surface area is 212 Å². The fourth-order valence-electron chi connectivity index (χ4n) is 5.18. The Morgan fingerprint density at radius 3 is 2.69 bits per heavy atom. The summed E-state index contributed by atoms with van der Waals surface area (Å²) in [7, 11) is 1.67. The predicted octanol–water partition coefficient (Wildman–Crippen LogP) is 4.60. The third-order valence-corrected chi connectivity index (χ3v) is 7.50. The molecule has 3 heterocycles. The molecule has 0 aliphatic carbocycles. The number of hydrogen-bond donors (Lipinski definition) is 1. The van der Waals surface area contributed by atoms with Crippen molar-refractivity contribution < 1.29 is 9.53 Å². The number of rotatable bonds is 9. The van der Waals surface area contributed by atoms with Crippen LogP contribution < -0.4 is 10.1 Å². The molecule has 35 heavy (non-hydrogen) atoms. The summed E-state index contributed by atoms with van der Waals surface area (Å²) in [5.74, 6) is 2.71. The van der Waals surface area contributed by atoms with Crippen molar-refractivity contribution >= 4 is 23.3 Å². The predicted molar refractivity (Wildman–Crippen MR) is 142 cm³/mol. The maximum Gasteiger partial charge on any atom is 0.230 e. The maximum absolute atomic E-state index is 12.6. The van der Waals surface area contributed by atoms with E-state index in [2.05, 4.69) is 24.1 Å². The van der Waals surface area contributed by atoms with Crippen LogP contribution in [-0.4, -0.2) is 64.4 Å². The molecular weight excluding hydrogens is 458 g/mol. The van der Waals surface area contributed by atoms with E-state index >= 15 is 0 Å². The lowest BCUT2D eigenvalue weighted by molar-refractivity contribution is -0.118. The minimum atomic E-state index is 0.0480. The first kappa shape index (κ1) is 25.5. The number of carbonyl (C=O) groups excluding carboxylic acids is 1. The molecule has 0 bridgehead atoms. The highest BCUT2D eigenvalue weighted by atomic mass is 32.2. The molecule has 2 atom stereocenters. The molecule has 3 aromatic rings. The zero-order chi connectivity index (χ0) is 24.9. The van der Waals surface area contributed by atoms with E-state index in [9.17, 15) is 4.79 Å². The van der Waals surface area contributed by atoms with E-state index in [1.54, 1.807) is 7.11 Å². The largest absolute Gasteiger partial charge is 0.496 e. The van der Waals surface area contributed by atoms with Crippen molar-refractivity contribution in [2.45, 2.75) is 45.6 Å². The number of ether oxygens (including phenoxy) is 1. The normalized spacial score (nSPS) is 18.7. The molecule has 1 fully saturated rings. The topological polar surface area (TPSA) is 71.8 Å². The van der Waals surface area contributed by atoms with Crippen LogP contribution in [0.25, 0.3) is 16.8 Å². The monoisotopic (exact) mass is 495 g/mol. The molecule has 7 nitrogen and oxygen atoms in total. The van der Waals surface area contributed by atoms with Gasteiger partial charge in [-0.3, -0.25) is 4.79 Å². The van der Waals surface area contributed by atoms with Gasteiger partial charge in [0.15, 0.2) is 5.65 Å². The van der Waals surface area contributed by atoms with E-state index in [4.69, 9.17) is 14.8 Å². The van der Waals surface area contributed by atoms with Crippen LogP contribution in [-0.2, 0) is 4.79 Å². The van der Waals surface area contributed by atoms with Crippen molar-refractivity contribution in [3.8, 4) is 16.9 Å². The number of para-hydroxylation sites is 1. The number of nitrogens with one attached hydrogen (secondary N) is 1. The minimum Gasteiger partial charge on any atom is -0.496 e. The van der Waals surface area contributed by atoms with Gasteiger partial charge < -0.3 is 15.0 Å². The van der Waals surface area contributed by atoms with Crippen molar-refractivity contribution in [3.05, 3.63) is 41.7 Å². The fraction of sp³-hybridized carbons (Fsp3) is 0.519. The van der Waals surface area contributed by atoms with Gasteiger partial charge in [-0.25, -0.2) is 9.50 Å². The molecule has 1 N–H and O–H groups in total. The first-order valence-corrected chi connectivity index (χ1v) is 13.5. The molecule has 1 saturated heterocycles. The molecule has 0 spiro atoms. The highest BCUT2D eigenvalue weighted by molar-refractivity contribution is 7.99. The number of nitrogens with zero attached hydrogens (tertiary/aromatic N) is 4. The second-order valence-corrected chi connectivity index (χ2v) is 10.8. The lowest BCUT2D eigenvalue weighted by Crippen LogP contribution is -2.40. The van der Waals surface area contributed by atoms with E-state index in [1.807, 2.05) is 48.7 Å². The molecule has 2 aromatic heterocycles. The van der Waals surface area contributed by atoms with Crippen LogP contribution in [0.4, 0.5) is 0 Å². The van der Waals surface area contributed by atoms with Gasteiger partial charge in [-0.05, 0) is 57.2 Å². The van der Waals surface area contributed by atoms with E-state index in [0.717, 1.165) is 63.7 Å². The molecule has 2 unspecified atom stereocenters. The Balaban J connectivity index is 1.38. The number of likely N-dealkylation sites (tertiary alicyclic amines) is 1. The molecule has 188 valence electrons.